The van der Waals surface area contributed by atoms with E-state index in [1.54, 1.807) is 18.4 Å². The first kappa shape index (κ1) is 20.5. The molecule has 5 nitrogen and oxygen atoms in total. The molecule has 0 saturated carbocycles. The summed E-state index contributed by atoms with van der Waals surface area (Å²) in [5, 5.41) is 8.16. The lowest BCUT2D eigenvalue weighted by molar-refractivity contribution is -0.137. The van der Waals surface area contributed by atoms with E-state index in [0.29, 0.717) is 19.0 Å². The van der Waals surface area contributed by atoms with E-state index in [2.05, 4.69) is 20.6 Å². The van der Waals surface area contributed by atoms with Gasteiger partial charge in [-0.05, 0) is 17.7 Å². The first-order valence-corrected chi connectivity index (χ1v) is 8.35. The van der Waals surface area contributed by atoms with Gasteiger partial charge in [0.05, 0.1) is 17.8 Å². The average Bonchev–Trinajstić information content (AvgIpc) is 3.16. The lowest BCUT2D eigenvalue weighted by Gasteiger charge is -2.12. The van der Waals surface area contributed by atoms with Gasteiger partial charge in [-0.3, -0.25) is 9.39 Å². The van der Waals surface area contributed by atoms with E-state index in [-0.39, 0.29) is 24.0 Å². The first-order chi connectivity index (χ1) is 12.0. The molecule has 0 aliphatic rings. The fraction of sp³-hybridized carbons (Fsp3) is 0.250. The lowest BCUT2D eigenvalue weighted by atomic mass is 10.1. The van der Waals surface area contributed by atoms with Crippen molar-refractivity contribution in [3.8, 4) is 0 Å². The summed E-state index contributed by atoms with van der Waals surface area (Å²) in [4.78, 5) is 9.48. The summed E-state index contributed by atoms with van der Waals surface area (Å²) in [6, 6.07) is 5.05. The number of guanidine groups is 1. The molecule has 2 heterocycles. The van der Waals surface area contributed by atoms with Crippen molar-refractivity contribution in [2.75, 3.05) is 7.05 Å². The number of rotatable bonds is 4. The quantitative estimate of drug-likeness (QED) is 0.328. The summed E-state index contributed by atoms with van der Waals surface area (Å²) in [6.07, 6.45) is -0.446. The second kappa shape index (κ2) is 8.71. The van der Waals surface area contributed by atoms with Crippen LogP contribution >= 0.6 is 35.3 Å². The van der Waals surface area contributed by atoms with Crippen LogP contribution in [-0.4, -0.2) is 22.4 Å². The number of alkyl halides is 3. The van der Waals surface area contributed by atoms with Crippen molar-refractivity contribution in [3.05, 3.63) is 58.9 Å². The molecule has 0 fully saturated rings. The van der Waals surface area contributed by atoms with E-state index in [1.165, 1.54) is 12.1 Å². The fourth-order valence-electron chi connectivity index (χ4n) is 2.25. The minimum Gasteiger partial charge on any atom is -0.352 e. The van der Waals surface area contributed by atoms with Crippen molar-refractivity contribution in [1.29, 1.82) is 0 Å². The Kier molecular flexibility index (Phi) is 6.87. The SMILES string of the molecule is CN=C(NCc1ccc(C(F)(F)F)cc1)NCc1cn2ccsc2n1.I. The summed E-state index contributed by atoms with van der Waals surface area (Å²) in [5.41, 5.74) is 0.960. The number of nitrogens with one attached hydrogen (secondary N) is 2. The number of benzene rings is 1. The Balaban J connectivity index is 0.00000243. The van der Waals surface area contributed by atoms with Crippen LogP contribution in [0.5, 0.6) is 0 Å². The van der Waals surface area contributed by atoms with Gasteiger partial charge in [-0.1, -0.05) is 12.1 Å². The molecule has 0 radical (unpaired) electrons. The monoisotopic (exact) mass is 495 g/mol. The van der Waals surface area contributed by atoms with Crippen molar-refractivity contribution >= 4 is 46.2 Å². The van der Waals surface area contributed by atoms with Gasteiger partial charge in [0, 0.05) is 31.4 Å². The summed E-state index contributed by atoms with van der Waals surface area (Å²) in [5.74, 6) is 0.552. The molecule has 140 valence electrons. The van der Waals surface area contributed by atoms with Gasteiger partial charge in [0.25, 0.3) is 0 Å². The van der Waals surface area contributed by atoms with Gasteiger partial charge in [-0.25, -0.2) is 4.98 Å². The molecule has 0 amide bonds. The largest absolute Gasteiger partial charge is 0.416 e. The van der Waals surface area contributed by atoms with Crippen LogP contribution in [-0.2, 0) is 19.3 Å². The minimum absolute atomic E-state index is 0. The topological polar surface area (TPSA) is 53.7 Å². The molecule has 3 rings (SSSR count). The maximum absolute atomic E-state index is 12.6. The Morgan fingerprint density at radius 3 is 2.50 bits per heavy atom. The van der Waals surface area contributed by atoms with Crippen molar-refractivity contribution in [3.63, 3.8) is 0 Å². The second-order valence-corrected chi connectivity index (χ2v) is 6.17. The summed E-state index contributed by atoms with van der Waals surface area (Å²) >= 11 is 1.56. The Hall–Kier alpha value is -1.82. The van der Waals surface area contributed by atoms with Crippen LogP contribution < -0.4 is 10.6 Å². The van der Waals surface area contributed by atoms with Crippen LogP contribution in [0, 0.1) is 0 Å². The molecule has 0 unspecified atom stereocenters. The smallest absolute Gasteiger partial charge is 0.352 e. The van der Waals surface area contributed by atoms with Crippen molar-refractivity contribution in [1.82, 2.24) is 20.0 Å². The Morgan fingerprint density at radius 1 is 1.19 bits per heavy atom. The maximum atomic E-state index is 12.6. The van der Waals surface area contributed by atoms with Crippen LogP contribution in [0.15, 0.2) is 47.0 Å². The predicted octanol–water partition coefficient (Wildman–Crippen LogP) is 3.90. The highest BCUT2D eigenvalue weighted by Gasteiger charge is 2.29. The molecule has 0 atom stereocenters. The molecule has 3 aromatic rings. The molecule has 0 spiro atoms. The molecule has 2 N–H and O–H groups in total. The molecule has 0 aliphatic heterocycles. The predicted molar refractivity (Wildman–Crippen MR) is 107 cm³/mol. The number of halogens is 4. The maximum Gasteiger partial charge on any atom is 0.416 e. The summed E-state index contributed by atoms with van der Waals surface area (Å²) < 4.78 is 39.6. The number of hydrogen-bond donors (Lipinski definition) is 2. The lowest BCUT2D eigenvalue weighted by Crippen LogP contribution is -2.36. The third kappa shape index (κ3) is 5.10. The number of nitrogens with zero attached hydrogens (tertiary/aromatic N) is 3. The third-order valence-electron chi connectivity index (χ3n) is 3.54. The zero-order valence-electron chi connectivity index (χ0n) is 13.7. The zero-order valence-corrected chi connectivity index (χ0v) is 16.9. The average molecular weight is 495 g/mol. The van der Waals surface area contributed by atoms with Crippen molar-refractivity contribution in [2.45, 2.75) is 19.3 Å². The van der Waals surface area contributed by atoms with Gasteiger partial charge in [0.2, 0.25) is 0 Å². The molecule has 26 heavy (non-hydrogen) atoms. The van der Waals surface area contributed by atoms with Crippen molar-refractivity contribution in [2.24, 2.45) is 4.99 Å². The third-order valence-corrected chi connectivity index (χ3v) is 4.32. The van der Waals surface area contributed by atoms with Crippen LogP contribution in [0.2, 0.25) is 0 Å². The minimum atomic E-state index is -4.32. The van der Waals surface area contributed by atoms with Gasteiger partial charge >= 0.3 is 6.18 Å². The Labute approximate surface area is 169 Å². The number of aliphatic imine (C=N–C) groups is 1. The molecular formula is C16H17F3IN5S. The highest BCUT2D eigenvalue weighted by molar-refractivity contribution is 14.0. The van der Waals surface area contributed by atoms with Crippen LogP contribution in [0.3, 0.4) is 0 Å². The Bertz CT molecular complexity index is 842. The van der Waals surface area contributed by atoms with E-state index in [9.17, 15) is 13.2 Å². The zero-order chi connectivity index (χ0) is 17.9. The van der Waals surface area contributed by atoms with E-state index in [0.717, 1.165) is 28.4 Å². The standard InChI is InChI=1S/C16H16F3N5S.HI/c1-20-14(22-9-13-10-24-6-7-25-15(24)23-13)21-8-11-2-4-12(5-3-11)16(17,18)19;/h2-7,10H,8-9H2,1H3,(H2,20,21,22);1H. The van der Waals surface area contributed by atoms with Crippen LogP contribution in [0.4, 0.5) is 13.2 Å². The number of aromatic nitrogens is 2. The fourth-order valence-corrected chi connectivity index (χ4v) is 2.97. The summed E-state index contributed by atoms with van der Waals surface area (Å²) in [6.45, 7) is 0.872. The van der Waals surface area contributed by atoms with Crippen LogP contribution in [0.25, 0.3) is 4.96 Å². The molecule has 0 saturated heterocycles. The highest BCUT2D eigenvalue weighted by atomic mass is 127. The second-order valence-electron chi connectivity index (χ2n) is 5.30. The normalized spacial score (nSPS) is 12.1. The van der Waals surface area contributed by atoms with E-state index in [1.807, 2.05) is 22.2 Å². The molecule has 1 aromatic carbocycles. The summed E-state index contributed by atoms with van der Waals surface area (Å²) in [7, 11) is 1.63. The molecular weight excluding hydrogens is 478 g/mol. The van der Waals surface area contributed by atoms with E-state index in [4.69, 9.17) is 0 Å². The Morgan fingerprint density at radius 2 is 1.88 bits per heavy atom. The van der Waals surface area contributed by atoms with E-state index >= 15 is 0 Å². The van der Waals surface area contributed by atoms with Gasteiger partial charge in [0.15, 0.2) is 10.9 Å². The first-order valence-electron chi connectivity index (χ1n) is 7.47. The number of thiazole rings is 1. The van der Waals surface area contributed by atoms with Crippen molar-refractivity contribution < 1.29 is 13.2 Å². The molecule has 10 heteroatoms. The van der Waals surface area contributed by atoms with Gasteiger partial charge < -0.3 is 10.6 Å². The highest BCUT2D eigenvalue weighted by Crippen LogP contribution is 2.29. The molecule has 0 aliphatic carbocycles. The number of hydrogen-bond acceptors (Lipinski definition) is 3. The molecule has 0 bridgehead atoms. The molecule has 2 aromatic heterocycles. The van der Waals surface area contributed by atoms with E-state index < -0.39 is 11.7 Å². The number of fused-ring (bicyclic) bond motifs is 1. The van der Waals surface area contributed by atoms with Gasteiger partial charge in [-0.2, -0.15) is 13.2 Å². The van der Waals surface area contributed by atoms with Gasteiger partial charge in [-0.15, -0.1) is 35.3 Å². The van der Waals surface area contributed by atoms with Crippen LogP contribution in [0.1, 0.15) is 16.8 Å². The number of imidazole rings is 1. The van der Waals surface area contributed by atoms with Gasteiger partial charge in [0.1, 0.15) is 0 Å².